The van der Waals surface area contributed by atoms with Gasteiger partial charge in [-0.15, -0.1) is 0 Å². The van der Waals surface area contributed by atoms with E-state index >= 15 is 0 Å². The van der Waals surface area contributed by atoms with E-state index in [2.05, 4.69) is 13.8 Å². The molecule has 0 spiro atoms. The van der Waals surface area contributed by atoms with Crippen LogP contribution in [0.15, 0.2) is 0 Å². The van der Waals surface area contributed by atoms with Crippen molar-refractivity contribution in [1.29, 1.82) is 0 Å². The molecule has 1 aliphatic carbocycles. The molecular formula is C12H22O. The molecule has 0 aromatic rings. The molecule has 1 nitrogen and oxygen atoms in total. The van der Waals surface area contributed by atoms with Crippen LogP contribution >= 0.6 is 0 Å². The fraction of sp³-hybridized carbons (Fsp3) is 0.917. The van der Waals surface area contributed by atoms with Crippen molar-refractivity contribution in [3.63, 3.8) is 0 Å². The van der Waals surface area contributed by atoms with Crippen LogP contribution in [0.3, 0.4) is 0 Å². The Morgan fingerprint density at radius 1 is 1.15 bits per heavy atom. The minimum atomic E-state index is 0.378. The lowest BCUT2D eigenvalue weighted by molar-refractivity contribution is -0.121. The largest absolute Gasteiger partial charge is 0.300 e. The molecule has 0 saturated heterocycles. The van der Waals surface area contributed by atoms with Gasteiger partial charge in [-0.2, -0.15) is 0 Å². The summed E-state index contributed by atoms with van der Waals surface area (Å²) < 4.78 is 0. The third-order valence-electron chi connectivity index (χ3n) is 3.53. The van der Waals surface area contributed by atoms with Gasteiger partial charge in [0.1, 0.15) is 5.78 Å². The summed E-state index contributed by atoms with van der Waals surface area (Å²) in [4.78, 5) is 11.2. The maximum absolute atomic E-state index is 11.2. The summed E-state index contributed by atoms with van der Waals surface area (Å²) in [5.74, 6) is 2.45. The summed E-state index contributed by atoms with van der Waals surface area (Å²) in [5, 5.41) is 0. The molecule has 13 heavy (non-hydrogen) atoms. The lowest BCUT2D eigenvalue weighted by atomic mass is 9.88. The van der Waals surface area contributed by atoms with E-state index in [1.807, 2.05) is 0 Å². The fourth-order valence-electron chi connectivity index (χ4n) is 2.40. The van der Waals surface area contributed by atoms with E-state index in [0.29, 0.717) is 11.7 Å². The molecule has 0 aromatic heterocycles. The Hall–Kier alpha value is -0.330. The number of ketones is 1. The fourth-order valence-corrected chi connectivity index (χ4v) is 2.40. The normalized spacial score (nSPS) is 30.2. The van der Waals surface area contributed by atoms with Crippen LogP contribution in [0.4, 0.5) is 0 Å². The van der Waals surface area contributed by atoms with Crippen molar-refractivity contribution in [3.05, 3.63) is 0 Å². The molecule has 0 amide bonds. The lowest BCUT2D eigenvalue weighted by Crippen LogP contribution is -2.10. The van der Waals surface area contributed by atoms with E-state index < -0.39 is 0 Å². The first-order valence-corrected chi connectivity index (χ1v) is 5.61. The molecule has 0 aromatic carbocycles. The highest BCUT2D eigenvalue weighted by Gasteiger charge is 2.22. The summed E-state index contributed by atoms with van der Waals surface area (Å²) in [6, 6.07) is 0. The SMILES string of the molecule is CC(=O)C1CCCC(C(C)C)CC1. The second-order valence-corrected chi connectivity index (χ2v) is 4.82. The molecular weight excluding hydrogens is 160 g/mol. The molecule has 0 N–H and O–H groups in total. The minimum Gasteiger partial charge on any atom is -0.300 e. The van der Waals surface area contributed by atoms with Crippen LogP contribution in [0.5, 0.6) is 0 Å². The number of hydrogen-bond acceptors (Lipinski definition) is 1. The van der Waals surface area contributed by atoms with E-state index in [0.717, 1.165) is 24.7 Å². The van der Waals surface area contributed by atoms with Crippen LogP contribution in [-0.2, 0) is 4.79 Å². The number of hydrogen-bond donors (Lipinski definition) is 0. The number of carbonyl (C=O) groups excluding carboxylic acids is 1. The molecule has 0 radical (unpaired) electrons. The van der Waals surface area contributed by atoms with Crippen LogP contribution in [0, 0.1) is 17.8 Å². The Morgan fingerprint density at radius 3 is 2.38 bits per heavy atom. The summed E-state index contributed by atoms with van der Waals surface area (Å²) in [6.45, 7) is 6.36. The maximum Gasteiger partial charge on any atom is 0.132 e. The minimum absolute atomic E-state index is 0.378. The summed E-state index contributed by atoms with van der Waals surface area (Å²) in [5.41, 5.74) is 0. The van der Waals surface area contributed by atoms with Gasteiger partial charge in [0.05, 0.1) is 0 Å². The average molecular weight is 182 g/mol. The van der Waals surface area contributed by atoms with Crippen LogP contribution in [0.25, 0.3) is 0 Å². The van der Waals surface area contributed by atoms with Gasteiger partial charge in [0.15, 0.2) is 0 Å². The van der Waals surface area contributed by atoms with E-state index in [1.165, 1.54) is 19.3 Å². The quantitative estimate of drug-likeness (QED) is 0.598. The average Bonchev–Trinajstić information content (AvgIpc) is 2.27. The first-order chi connectivity index (χ1) is 6.11. The summed E-state index contributed by atoms with van der Waals surface area (Å²) >= 11 is 0. The first kappa shape index (κ1) is 10.7. The molecule has 1 aliphatic rings. The second-order valence-electron chi connectivity index (χ2n) is 4.82. The highest BCUT2D eigenvalue weighted by molar-refractivity contribution is 5.78. The molecule has 1 fully saturated rings. The van der Waals surface area contributed by atoms with Gasteiger partial charge in [-0.1, -0.05) is 26.7 Å². The van der Waals surface area contributed by atoms with Crippen LogP contribution in [-0.4, -0.2) is 5.78 Å². The first-order valence-electron chi connectivity index (χ1n) is 5.61. The van der Waals surface area contributed by atoms with Crippen molar-refractivity contribution in [2.45, 2.75) is 52.9 Å². The van der Waals surface area contributed by atoms with Gasteiger partial charge in [0.25, 0.3) is 0 Å². The van der Waals surface area contributed by atoms with Gasteiger partial charge in [-0.3, -0.25) is 4.79 Å². The highest BCUT2D eigenvalue weighted by Crippen LogP contribution is 2.31. The number of carbonyl (C=O) groups is 1. The molecule has 2 atom stereocenters. The van der Waals surface area contributed by atoms with Crippen molar-refractivity contribution in [3.8, 4) is 0 Å². The second kappa shape index (κ2) is 4.78. The summed E-state index contributed by atoms with van der Waals surface area (Å²) in [7, 11) is 0. The van der Waals surface area contributed by atoms with E-state index in [-0.39, 0.29) is 0 Å². The molecule has 1 rings (SSSR count). The monoisotopic (exact) mass is 182 g/mol. The van der Waals surface area contributed by atoms with Crippen molar-refractivity contribution < 1.29 is 4.79 Å². The molecule has 0 aliphatic heterocycles. The molecule has 2 unspecified atom stereocenters. The van der Waals surface area contributed by atoms with Crippen molar-refractivity contribution in [2.24, 2.45) is 17.8 Å². The van der Waals surface area contributed by atoms with Gasteiger partial charge in [-0.05, 0) is 38.0 Å². The summed E-state index contributed by atoms with van der Waals surface area (Å²) in [6.07, 6.45) is 6.13. The molecule has 76 valence electrons. The van der Waals surface area contributed by atoms with E-state index in [4.69, 9.17) is 0 Å². The molecule has 0 heterocycles. The highest BCUT2D eigenvalue weighted by atomic mass is 16.1. The Labute approximate surface area is 81.9 Å². The van der Waals surface area contributed by atoms with Crippen molar-refractivity contribution in [1.82, 2.24) is 0 Å². The van der Waals surface area contributed by atoms with Gasteiger partial charge in [0.2, 0.25) is 0 Å². The smallest absolute Gasteiger partial charge is 0.132 e. The predicted molar refractivity (Wildman–Crippen MR) is 55.6 cm³/mol. The number of rotatable bonds is 2. The van der Waals surface area contributed by atoms with Crippen molar-refractivity contribution in [2.75, 3.05) is 0 Å². The number of Topliss-reactive ketones (excluding diaryl/α,β-unsaturated/α-hetero) is 1. The Morgan fingerprint density at radius 2 is 1.85 bits per heavy atom. The van der Waals surface area contributed by atoms with Crippen LogP contribution in [0.2, 0.25) is 0 Å². The third-order valence-corrected chi connectivity index (χ3v) is 3.53. The topological polar surface area (TPSA) is 17.1 Å². The van der Waals surface area contributed by atoms with E-state index in [1.54, 1.807) is 6.92 Å². The van der Waals surface area contributed by atoms with E-state index in [9.17, 15) is 4.79 Å². The van der Waals surface area contributed by atoms with Gasteiger partial charge in [-0.25, -0.2) is 0 Å². The van der Waals surface area contributed by atoms with Crippen LogP contribution < -0.4 is 0 Å². The third kappa shape index (κ3) is 3.13. The molecule has 0 bridgehead atoms. The Kier molecular flexibility index (Phi) is 3.95. The lowest BCUT2D eigenvalue weighted by Gasteiger charge is -2.17. The molecule has 1 heteroatoms. The zero-order valence-corrected chi connectivity index (χ0v) is 9.18. The predicted octanol–water partition coefficient (Wildman–Crippen LogP) is 3.43. The zero-order chi connectivity index (χ0) is 9.84. The van der Waals surface area contributed by atoms with Crippen molar-refractivity contribution >= 4 is 5.78 Å². The van der Waals surface area contributed by atoms with Crippen LogP contribution in [0.1, 0.15) is 52.9 Å². The van der Waals surface area contributed by atoms with Gasteiger partial charge >= 0.3 is 0 Å². The molecule has 1 saturated carbocycles. The Bertz CT molecular complexity index is 172. The van der Waals surface area contributed by atoms with Gasteiger partial charge in [0, 0.05) is 5.92 Å². The van der Waals surface area contributed by atoms with Gasteiger partial charge < -0.3 is 0 Å². The standard InChI is InChI=1S/C12H22O/c1-9(2)11-5-4-6-12(8-7-11)10(3)13/h9,11-12H,4-8H2,1-3H3. The Balaban J connectivity index is 2.44. The zero-order valence-electron chi connectivity index (χ0n) is 9.18. The maximum atomic E-state index is 11.2.